The third-order valence-electron chi connectivity index (χ3n) is 2.45. The van der Waals surface area contributed by atoms with E-state index in [9.17, 15) is 9.59 Å². The van der Waals surface area contributed by atoms with Crippen LogP contribution in [0, 0.1) is 0 Å². The molecule has 0 aliphatic carbocycles. The third kappa shape index (κ3) is 2.90. The van der Waals surface area contributed by atoms with E-state index in [1.54, 1.807) is 6.92 Å². The summed E-state index contributed by atoms with van der Waals surface area (Å²) in [6.07, 6.45) is 0. The average molecular weight is 355 g/mol. The van der Waals surface area contributed by atoms with E-state index >= 15 is 0 Å². The van der Waals surface area contributed by atoms with Crippen LogP contribution in [0.2, 0.25) is 0 Å². The number of hydrogen-bond donors (Lipinski definition) is 1. The first kappa shape index (κ1) is 13.1. The average Bonchev–Trinajstić information content (AvgIpc) is 2.31. The Labute approximate surface area is 116 Å². The number of anilines is 1. The van der Waals surface area contributed by atoms with Crippen molar-refractivity contribution in [1.29, 1.82) is 0 Å². The normalized spacial score (nSPS) is 10.3. The standard InChI is InChI=1S/C14H13NO2Te/c1-9(16)15-14-12-6-4-3-5-11(12)7-8-13(14)18-10(2)17/h3-8H,1-2H3,(H,15,16). The predicted octanol–water partition coefficient (Wildman–Crippen LogP) is 1.67. The van der Waals surface area contributed by atoms with Crippen molar-refractivity contribution in [1.82, 2.24) is 0 Å². The summed E-state index contributed by atoms with van der Waals surface area (Å²) in [5, 5.41) is 4.93. The molecule has 2 aromatic rings. The van der Waals surface area contributed by atoms with Crippen LogP contribution < -0.4 is 8.93 Å². The summed E-state index contributed by atoms with van der Waals surface area (Å²) in [6, 6.07) is 11.8. The molecule has 18 heavy (non-hydrogen) atoms. The summed E-state index contributed by atoms with van der Waals surface area (Å²) >= 11 is -0.906. The van der Waals surface area contributed by atoms with Crippen molar-refractivity contribution in [3.05, 3.63) is 36.4 Å². The van der Waals surface area contributed by atoms with Crippen molar-refractivity contribution in [2.24, 2.45) is 0 Å². The van der Waals surface area contributed by atoms with Gasteiger partial charge in [-0.2, -0.15) is 0 Å². The van der Waals surface area contributed by atoms with Crippen molar-refractivity contribution in [3.63, 3.8) is 0 Å². The maximum atomic E-state index is 11.3. The van der Waals surface area contributed by atoms with Gasteiger partial charge < -0.3 is 0 Å². The predicted molar refractivity (Wildman–Crippen MR) is 74.3 cm³/mol. The minimum absolute atomic E-state index is 0.108. The molecule has 4 heteroatoms. The van der Waals surface area contributed by atoms with Crippen LogP contribution in [0.4, 0.5) is 5.69 Å². The van der Waals surface area contributed by atoms with E-state index < -0.39 is 20.9 Å². The molecule has 0 heterocycles. The molecule has 0 saturated heterocycles. The van der Waals surface area contributed by atoms with E-state index in [1.165, 1.54) is 6.92 Å². The van der Waals surface area contributed by atoms with Crippen LogP contribution in [0.3, 0.4) is 0 Å². The quantitative estimate of drug-likeness (QED) is 0.852. The zero-order valence-corrected chi connectivity index (χ0v) is 12.5. The Kier molecular flexibility index (Phi) is 4.00. The van der Waals surface area contributed by atoms with Crippen LogP contribution in [-0.4, -0.2) is 30.7 Å². The Morgan fingerprint density at radius 3 is 2.44 bits per heavy atom. The van der Waals surface area contributed by atoms with Crippen molar-refractivity contribution < 1.29 is 9.59 Å². The molecular weight excluding hydrogens is 342 g/mol. The number of carbonyl (C=O) groups excluding carboxylic acids is 2. The molecule has 92 valence electrons. The fourth-order valence-electron chi connectivity index (χ4n) is 1.80. The summed E-state index contributed by atoms with van der Waals surface area (Å²) in [4.78, 5) is 22.6. The molecule has 0 aliphatic heterocycles. The first-order valence-electron chi connectivity index (χ1n) is 5.55. The van der Waals surface area contributed by atoms with Gasteiger partial charge >= 0.3 is 116 Å². The SMILES string of the molecule is CC(=O)Nc1c([Te]C(C)=O)ccc2ccccc12. The van der Waals surface area contributed by atoms with Gasteiger partial charge in [-0.15, -0.1) is 0 Å². The monoisotopic (exact) mass is 357 g/mol. The Hall–Kier alpha value is -1.37. The molecule has 0 bridgehead atoms. The van der Waals surface area contributed by atoms with Gasteiger partial charge in [0, 0.05) is 0 Å². The fourth-order valence-corrected chi connectivity index (χ4v) is 3.82. The first-order valence-corrected chi connectivity index (χ1v) is 7.88. The van der Waals surface area contributed by atoms with Crippen LogP contribution in [0.25, 0.3) is 10.8 Å². The van der Waals surface area contributed by atoms with E-state index in [2.05, 4.69) is 5.32 Å². The molecule has 0 atom stereocenters. The van der Waals surface area contributed by atoms with E-state index in [0.29, 0.717) is 0 Å². The zero-order valence-electron chi connectivity index (χ0n) is 10.2. The number of benzene rings is 2. The van der Waals surface area contributed by atoms with Crippen LogP contribution >= 0.6 is 0 Å². The van der Waals surface area contributed by atoms with E-state index in [4.69, 9.17) is 0 Å². The number of carbonyl (C=O) groups is 2. The van der Waals surface area contributed by atoms with E-state index in [1.807, 2.05) is 36.4 Å². The summed E-state index contributed by atoms with van der Waals surface area (Å²) in [7, 11) is 0. The second-order valence-corrected chi connectivity index (χ2v) is 7.41. The molecule has 0 aromatic heterocycles. The van der Waals surface area contributed by atoms with E-state index in [-0.39, 0.29) is 9.74 Å². The molecular formula is C14H13NO2Te. The van der Waals surface area contributed by atoms with Gasteiger partial charge in [0.25, 0.3) is 0 Å². The van der Waals surface area contributed by atoms with E-state index in [0.717, 1.165) is 20.1 Å². The number of fused-ring (bicyclic) bond motifs is 1. The Morgan fingerprint density at radius 2 is 1.78 bits per heavy atom. The van der Waals surface area contributed by atoms with Gasteiger partial charge in [0.05, 0.1) is 0 Å². The summed E-state index contributed by atoms with van der Waals surface area (Å²) in [5.74, 6) is -0.108. The van der Waals surface area contributed by atoms with Crippen LogP contribution in [0.1, 0.15) is 13.8 Å². The molecule has 0 radical (unpaired) electrons. The van der Waals surface area contributed by atoms with Gasteiger partial charge in [0.2, 0.25) is 0 Å². The number of hydrogen-bond acceptors (Lipinski definition) is 2. The molecule has 1 amide bonds. The summed E-state index contributed by atoms with van der Waals surface area (Å²) in [5.41, 5.74) is 0.804. The Balaban J connectivity index is 2.62. The van der Waals surface area contributed by atoms with Crippen LogP contribution in [0.15, 0.2) is 36.4 Å². The van der Waals surface area contributed by atoms with Gasteiger partial charge in [0.15, 0.2) is 0 Å². The topological polar surface area (TPSA) is 46.2 Å². The molecule has 0 saturated carbocycles. The molecule has 3 nitrogen and oxygen atoms in total. The van der Waals surface area contributed by atoms with Gasteiger partial charge in [-0.1, -0.05) is 0 Å². The van der Waals surface area contributed by atoms with Gasteiger partial charge in [-0.25, -0.2) is 0 Å². The van der Waals surface area contributed by atoms with Crippen molar-refractivity contribution in [2.45, 2.75) is 13.8 Å². The minimum atomic E-state index is -0.906. The first-order chi connectivity index (χ1) is 8.58. The molecule has 1 N–H and O–H groups in total. The van der Waals surface area contributed by atoms with Gasteiger partial charge in [-0.05, 0) is 0 Å². The third-order valence-corrected chi connectivity index (χ3v) is 4.86. The molecule has 0 aliphatic rings. The second-order valence-electron chi connectivity index (χ2n) is 3.93. The number of amides is 1. The van der Waals surface area contributed by atoms with Crippen molar-refractivity contribution in [2.75, 3.05) is 5.32 Å². The molecule has 0 spiro atoms. The van der Waals surface area contributed by atoms with Gasteiger partial charge in [-0.3, -0.25) is 0 Å². The number of nitrogens with one attached hydrogen (secondary N) is 1. The molecule has 2 rings (SSSR count). The van der Waals surface area contributed by atoms with Crippen molar-refractivity contribution in [3.8, 4) is 0 Å². The Morgan fingerprint density at radius 1 is 1.06 bits per heavy atom. The van der Waals surface area contributed by atoms with Crippen molar-refractivity contribution >= 4 is 50.7 Å². The molecule has 2 aromatic carbocycles. The molecule has 0 fully saturated rings. The Bertz CT molecular complexity index is 622. The second kappa shape index (κ2) is 5.51. The summed E-state index contributed by atoms with van der Waals surface area (Å²) in [6.45, 7) is 3.09. The maximum absolute atomic E-state index is 11.3. The summed E-state index contributed by atoms with van der Waals surface area (Å²) < 4.78 is 1.20. The fraction of sp³-hybridized carbons (Fsp3) is 0.143. The van der Waals surface area contributed by atoms with Crippen LogP contribution in [0.5, 0.6) is 0 Å². The van der Waals surface area contributed by atoms with Gasteiger partial charge in [0.1, 0.15) is 0 Å². The molecule has 0 unspecified atom stereocenters. The number of rotatable bonds is 3. The van der Waals surface area contributed by atoms with Crippen LogP contribution in [-0.2, 0) is 9.59 Å². The zero-order chi connectivity index (χ0) is 13.1.